The van der Waals surface area contributed by atoms with Crippen LogP contribution >= 0.6 is 0 Å². The van der Waals surface area contributed by atoms with E-state index in [2.05, 4.69) is 5.32 Å². The average Bonchev–Trinajstić information content (AvgIpc) is 2.77. The summed E-state index contributed by atoms with van der Waals surface area (Å²) in [5.41, 5.74) is 1.03. The third kappa shape index (κ3) is 3.51. The molecule has 0 bridgehead atoms. The maximum atomic E-state index is 9.28. The predicted molar refractivity (Wildman–Crippen MR) is 63.4 cm³/mol. The first-order valence-electron chi connectivity index (χ1n) is 5.91. The highest BCUT2D eigenvalue weighted by atomic mass is 16.5. The first-order chi connectivity index (χ1) is 7.84. The Hall–Kier alpha value is -1.06. The summed E-state index contributed by atoms with van der Waals surface area (Å²) in [7, 11) is 0. The fraction of sp³-hybridized carbons (Fsp3) is 0.538. The van der Waals surface area contributed by atoms with Gasteiger partial charge in [0.1, 0.15) is 5.75 Å². The van der Waals surface area contributed by atoms with Gasteiger partial charge < -0.3 is 15.2 Å². The Balaban J connectivity index is 1.64. The van der Waals surface area contributed by atoms with E-state index in [9.17, 15) is 5.11 Å². The number of hydrogen-bond acceptors (Lipinski definition) is 3. The van der Waals surface area contributed by atoms with Crippen molar-refractivity contribution < 1.29 is 9.84 Å². The fourth-order valence-electron chi connectivity index (χ4n) is 2.05. The molecule has 1 heterocycles. The molecule has 0 spiro atoms. The number of nitrogens with one attached hydrogen (secondary N) is 1. The summed E-state index contributed by atoms with van der Waals surface area (Å²) in [5, 5.41) is 12.6. The van der Waals surface area contributed by atoms with E-state index >= 15 is 0 Å². The second-order valence-electron chi connectivity index (χ2n) is 4.37. The molecule has 1 aromatic rings. The Morgan fingerprint density at radius 2 is 2.38 bits per heavy atom. The van der Waals surface area contributed by atoms with Gasteiger partial charge in [-0.2, -0.15) is 0 Å². The van der Waals surface area contributed by atoms with E-state index in [4.69, 9.17) is 4.74 Å². The van der Waals surface area contributed by atoms with Gasteiger partial charge >= 0.3 is 0 Å². The molecule has 2 rings (SSSR count). The van der Waals surface area contributed by atoms with Gasteiger partial charge in [0, 0.05) is 6.61 Å². The lowest BCUT2D eigenvalue weighted by molar-refractivity contribution is 0.109. The molecule has 0 radical (unpaired) electrons. The third-order valence-electron chi connectivity index (χ3n) is 3.01. The van der Waals surface area contributed by atoms with Gasteiger partial charge in [0.2, 0.25) is 0 Å². The van der Waals surface area contributed by atoms with E-state index in [0.717, 1.165) is 37.6 Å². The number of hydrogen-bond donors (Lipinski definition) is 2. The molecule has 0 aromatic heterocycles. The Morgan fingerprint density at radius 3 is 3.12 bits per heavy atom. The molecule has 1 saturated heterocycles. The molecule has 0 aliphatic carbocycles. The van der Waals surface area contributed by atoms with Crippen LogP contribution in [-0.2, 0) is 11.3 Å². The van der Waals surface area contributed by atoms with E-state index in [1.54, 1.807) is 12.1 Å². The van der Waals surface area contributed by atoms with E-state index in [-0.39, 0.29) is 0 Å². The lowest BCUT2D eigenvalue weighted by Gasteiger charge is -2.08. The number of phenols is 1. The van der Waals surface area contributed by atoms with Crippen LogP contribution in [-0.4, -0.2) is 24.8 Å². The molecule has 3 heteroatoms. The van der Waals surface area contributed by atoms with Gasteiger partial charge in [0.15, 0.2) is 0 Å². The van der Waals surface area contributed by atoms with Gasteiger partial charge in [0.05, 0.1) is 6.61 Å². The smallest absolute Gasteiger partial charge is 0.115 e. The van der Waals surface area contributed by atoms with Gasteiger partial charge in [-0.1, -0.05) is 12.1 Å². The molecule has 0 saturated carbocycles. The zero-order valence-corrected chi connectivity index (χ0v) is 9.48. The van der Waals surface area contributed by atoms with Gasteiger partial charge in [-0.25, -0.2) is 0 Å². The minimum absolute atomic E-state index is 0.307. The molecule has 1 fully saturated rings. The van der Waals surface area contributed by atoms with Crippen molar-refractivity contribution in [3.63, 3.8) is 0 Å². The Morgan fingerprint density at radius 1 is 1.44 bits per heavy atom. The monoisotopic (exact) mass is 221 g/mol. The molecule has 16 heavy (non-hydrogen) atoms. The summed E-state index contributed by atoms with van der Waals surface area (Å²) in [6, 6.07) is 7.23. The lowest BCUT2D eigenvalue weighted by atomic mass is 10.1. The van der Waals surface area contributed by atoms with Crippen molar-refractivity contribution in [3.05, 3.63) is 29.8 Å². The minimum atomic E-state index is 0.307. The van der Waals surface area contributed by atoms with Crippen molar-refractivity contribution in [1.29, 1.82) is 0 Å². The average molecular weight is 221 g/mol. The van der Waals surface area contributed by atoms with E-state index in [1.807, 2.05) is 12.1 Å². The Labute approximate surface area is 96.4 Å². The first kappa shape index (κ1) is 11.4. The third-order valence-corrected chi connectivity index (χ3v) is 3.01. The molecule has 3 nitrogen and oxygen atoms in total. The standard InChI is InChI=1S/C13H19NO2/c15-13-3-1-2-12(8-13)10-16-7-5-11-4-6-14-9-11/h1-3,8,11,14-15H,4-7,9-10H2. The van der Waals surface area contributed by atoms with Crippen molar-refractivity contribution in [3.8, 4) is 5.75 Å². The molecular formula is C13H19NO2. The van der Waals surface area contributed by atoms with Gasteiger partial charge in [-0.05, 0) is 49.5 Å². The Bertz CT molecular complexity index is 321. The summed E-state index contributed by atoms with van der Waals surface area (Å²) in [5.74, 6) is 1.09. The van der Waals surface area contributed by atoms with E-state index in [0.29, 0.717) is 12.4 Å². The molecule has 1 atom stereocenters. The summed E-state index contributed by atoms with van der Waals surface area (Å²) in [6.07, 6.45) is 2.40. The number of aromatic hydroxyl groups is 1. The van der Waals surface area contributed by atoms with Crippen LogP contribution in [0.3, 0.4) is 0 Å². The quantitative estimate of drug-likeness (QED) is 0.746. The summed E-state index contributed by atoms with van der Waals surface area (Å²) in [6.45, 7) is 3.68. The SMILES string of the molecule is Oc1cccc(COCCC2CCNC2)c1. The number of ether oxygens (including phenoxy) is 1. The topological polar surface area (TPSA) is 41.5 Å². The summed E-state index contributed by atoms with van der Waals surface area (Å²) >= 11 is 0. The van der Waals surface area contributed by atoms with Crippen LogP contribution in [0.4, 0.5) is 0 Å². The molecule has 2 N–H and O–H groups in total. The van der Waals surface area contributed by atoms with Crippen molar-refractivity contribution in [2.24, 2.45) is 5.92 Å². The van der Waals surface area contributed by atoms with Crippen molar-refractivity contribution in [2.45, 2.75) is 19.4 Å². The van der Waals surface area contributed by atoms with E-state index in [1.165, 1.54) is 6.42 Å². The lowest BCUT2D eigenvalue weighted by Crippen LogP contribution is -2.10. The number of phenolic OH excluding ortho intramolecular Hbond substituents is 1. The number of rotatable bonds is 5. The normalized spacial score (nSPS) is 20.1. The van der Waals surface area contributed by atoms with Crippen molar-refractivity contribution >= 4 is 0 Å². The molecule has 1 aliphatic rings. The van der Waals surface area contributed by atoms with Crippen LogP contribution in [0, 0.1) is 5.92 Å². The minimum Gasteiger partial charge on any atom is -0.508 e. The van der Waals surface area contributed by atoms with Crippen LogP contribution in [0.25, 0.3) is 0 Å². The second kappa shape index (κ2) is 5.87. The maximum Gasteiger partial charge on any atom is 0.115 e. The highest BCUT2D eigenvalue weighted by Crippen LogP contribution is 2.14. The molecule has 1 aromatic carbocycles. The first-order valence-corrected chi connectivity index (χ1v) is 5.91. The fourth-order valence-corrected chi connectivity index (χ4v) is 2.05. The van der Waals surface area contributed by atoms with Crippen LogP contribution in [0.15, 0.2) is 24.3 Å². The zero-order valence-electron chi connectivity index (χ0n) is 9.48. The predicted octanol–water partition coefficient (Wildman–Crippen LogP) is 1.91. The van der Waals surface area contributed by atoms with Gasteiger partial charge in [-0.3, -0.25) is 0 Å². The van der Waals surface area contributed by atoms with E-state index < -0.39 is 0 Å². The van der Waals surface area contributed by atoms with Crippen LogP contribution in [0.1, 0.15) is 18.4 Å². The highest BCUT2D eigenvalue weighted by molar-refractivity contribution is 5.26. The molecule has 1 aliphatic heterocycles. The molecule has 0 amide bonds. The van der Waals surface area contributed by atoms with Gasteiger partial charge in [-0.15, -0.1) is 0 Å². The highest BCUT2D eigenvalue weighted by Gasteiger charge is 2.13. The van der Waals surface area contributed by atoms with Crippen LogP contribution < -0.4 is 5.32 Å². The molecule has 88 valence electrons. The summed E-state index contributed by atoms with van der Waals surface area (Å²) in [4.78, 5) is 0. The maximum absolute atomic E-state index is 9.28. The van der Waals surface area contributed by atoms with Crippen molar-refractivity contribution in [2.75, 3.05) is 19.7 Å². The van der Waals surface area contributed by atoms with Gasteiger partial charge in [0.25, 0.3) is 0 Å². The second-order valence-corrected chi connectivity index (χ2v) is 4.37. The Kier molecular flexibility index (Phi) is 4.19. The molecule has 1 unspecified atom stereocenters. The van der Waals surface area contributed by atoms with Crippen LogP contribution in [0.5, 0.6) is 5.75 Å². The number of benzene rings is 1. The zero-order chi connectivity index (χ0) is 11.2. The van der Waals surface area contributed by atoms with Crippen LogP contribution in [0.2, 0.25) is 0 Å². The summed E-state index contributed by atoms with van der Waals surface area (Å²) < 4.78 is 5.60. The largest absolute Gasteiger partial charge is 0.508 e. The molecular weight excluding hydrogens is 202 g/mol. The van der Waals surface area contributed by atoms with Crippen molar-refractivity contribution in [1.82, 2.24) is 5.32 Å².